The van der Waals surface area contributed by atoms with Gasteiger partial charge in [-0.3, -0.25) is 9.10 Å². The Hall–Kier alpha value is -2.74. The molecule has 0 unspecified atom stereocenters. The lowest BCUT2D eigenvalue weighted by atomic mass is 10.2. The molecule has 8 heteroatoms. The number of benzene rings is 2. The number of carbonyl (C=O) groups is 1. The molecule has 2 aromatic carbocycles. The first kappa shape index (κ1) is 18.6. The molecule has 0 spiro atoms. The molecular weight excluding hydrogens is 380 g/mol. The highest BCUT2D eigenvalue weighted by Crippen LogP contribution is 2.58. The number of sulfonamides is 1. The largest absolute Gasteiger partial charge is 0.497 e. The van der Waals surface area contributed by atoms with Crippen LogP contribution in [0.25, 0.3) is 0 Å². The molecule has 0 radical (unpaired) electrons. The lowest BCUT2D eigenvalue weighted by molar-refractivity contribution is -0.116. The van der Waals surface area contributed by atoms with Gasteiger partial charge in [0.05, 0.1) is 25.6 Å². The van der Waals surface area contributed by atoms with Gasteiger partial charge in [-0.1, -0.05) is 17.7 Å². The van der Waals surface area contributed by atoms with E-state index < -0.39 is 20.7 Å². The fourth-order valence-electron chi connectivity index (χ4n) is 3.81. The van der Waals surface area contributed by atoms with Gasteiger partial charge in [0.15, 0.2) is 4.75 Å². The number of amides is 1. The summed E-state index contributed by atoms with van der Waals surface area (Å²) in [6.45, 7) is 2.26. The number of rotatable bonds is 5. The molecule has 1 saturated carbocycles. The van der Waals surface area contributed by atoms with Crippen LogP contribution in [-0.2, 0) is 14.8 Å². The van der Waals surface area contributed by atoms with Crippen molar-refractivity contribution < 1.29 is 22.7 Å². The Morgan fingerprint density at radius 2 is 1.86 bits per heavy atom. The van der Waals surface area contributed by atoms with Crippen LogP contribution in [0.15, 0.2) is 42.5 Å². The molecule has 2 atom stereocenters. The van der Waals surface area contributed by atoms with E-state index in [0.29, 0.717) is 35.8 Å². The maximum atomic E-state index is 13.2. The molecule has 0 aromatic heterocycles. The predicted molar refractivity (Wildman–Crippen MR) is 106 cm³/mol. The molecule has 2 aromatic rings. The van der Waals surface area contributed by atoms with Crippen LogP contribution in [0.5, 0.6) is 11.5 Å². The molecule has 1 aliphatic heterocycles. The number of anilines is 2. The number of aryl methyl sites for hydroxylation is 1. The molecular formula is C20H22N2O5S. The smallest absolute Gasteiger partial charge is 0.250 e. The number of methoxy groups -OCH3 is 2. The van der Waals surface area contributed by atoms with E-state index in [4.69, 9.17) is 9.47 Å². The van der Waals surface area contributed by atoms with Crippen molar-refractivity contribution in [1.82, 2.24) is 0 Å². The quantitative estimate of drug-likeness (QED) is 0.831. The molecule has 1 saturated heterocycles. The minimum Gasteiger partial charge on any atom is -0.497 e. The lowest BCUT2D eigenvalue weighted by Gasteiger charge is -2.23. The van der Waals surface area contributed by atoms with Crippen molar-refractivity contribution in [2.24, 2.45) is 5.92 Å². The standard InChI is InChI=1S/C20H22N2O5S/c1-13-4-6-15(7-5-13)22-12-14-11-20(14,28(22,24)25)19(23)21-17-9-8-16(26-2)10-18(17)27-3/h4-10,14H,11-12H2,1-3H3,(H,21,23)/t14-,20+/m0/s1. The van der Waals surface area contributed by atoms with Gasteiger partial charge in [-0.25, -0.2) is 8.42 Å². The zero-order valence-electron chi connectivity index (χ0n) is 15.9. The molecule has 2 aliphatic rings. The van der Waals surface area contributed by atoms with E-state index in [9.17, 15) is 13.2 Å². The van der Waals surface area contributed by atoms with Crippen LogP contribution >= 0.6 is 0 Å². The number of hydrogen-bond acceptors (Lipinski definition) is 5. The second-order valence-electron chi connectivity index (χ2n) is 7.18. The van der Waals surface area contributed by atoms with Crippen molar-refractivity contribution in [2.45, 2.75) is 18.1 Å². The summed E-state index contributed by atoms with van der Waals surface area (Å²) in [5.74, 6) is 0.252. The highest BCUT2D eigenvalue weighted by Gasteiger charge is 2.75. The van der Waals surface area contributed by atoms with E-state index in [1.807, 2.05) is 19.1 Å². The number of ether oxygens (including phenoxy) is 2. The van der Waals surface area contributed by atoms with Crippen molar-refractivity contribution in [3.8, 4) is 11.5 Å². The fourth-order valence-corrected chi connectivity index (χ4v) is 6.17. The summed E-state index contributed by atoms with van der Waals surface area (Å²) >= 11 is 0. The molecule has 2 fully saturated rings. The summed E-state index contributed by atoms with van der Waals surface area (Å²) in [4.78, 5) is 13.0. The topological polar surface area (TPSA) is 84.9 Å². The Labute approximate surface area is 164 Å². The van der Waals surface area contributed by atoms with Crippen molar-refractivity contribution in [1.29, 1.82) is 0 Å². The van der Waals surface area contributed by atoms with Crippen LogP contribution in [-0.4, -0.2) is 39.8 Å². The van der Waals surface area contributed by atoms with E-state index in [0.717, 1.165) is 5.56 Å². The van der Waals surface area contributed by atoms with Crippen molar-refractivity contribution >= 4 is 27.3 Å². The number of fused-ring (bicyclic) bond motifs is 1. The minimum absolute atomic E-state index is 0.219. The second-order valence-corrected chi connectivity index (χ2v) is 9.30. The van der Waals surface area contributed by atoms with E-state index >= 15 is 0 Å². The van der Waals surface area contributed by atoms with Crippen LogP contribution in [0.1, 0.15) is 12.0 Å². The normalized spacial score (nSPS) is 24.4. The molecule has 1 heterocycles. The SMILES string of the molecule is COc1ccc(NC(=O)[C@@]23C[C@H]2CN(c2ccc(C)cc2)S3(=O)=O)c(OC)c1. The number of hydrogen-bond donors (Lipinski definition) is 1. The van der Waals surface area contributed by atoms with Crippen LogP contribution in [0.2, 0.25) is 0 Å². The Morgan fingerprint density at radius 1 is 1.14 bits per heavy atom. The highest BCUT2D eigenvalue weighted by atomic mass is 32.2. The number of nitrogens with one attached hydrogen (secondary N) is 1. The summed E-state index contributed by atoms with van der Waals surface area (Å²) in [7, 11) is -0.802. The number of nitrogens with zero attached hydrogens (tertiary/aromatic N) is 1. The van der Waals surface area contributed by atoms with Gasteiger partial charge in [-0.15, -0.1) is 0 Å². The Kier molecular flexibility index (Phi) is 4.26. The molecule has 1 aliphatic carbocycles. The average molecular weight is 402 g/mol. The third kappa shape index (κ3) is 2.63. The summed E-state index contributed by atoms with van der Waals surface area (Å²) in [5, 5.41) is 2.75. The molecule has 1 N–H and O–H groups in total. The Balaban J connectivity index is 1.61. The zero-order valence-corrected chi connectivity index (χ0v) is 16.7. The molecule has 1 amide bonds. The molecule has 148 valence electrons. The van der Waals surface area contributed by atoms with Crippen molar-refractivity contribution in [3.05, 3.63) is 48.0 Å². The molecule has 0 bridgehead atoms. The number of carbonyl (C=O) groups excluding carboxylic acids is 1. The van der Waals surface area contributed by atoms with E-state index in [-0.39, 0.29) is 5.92 Å². The van der Waals surface area contributed by atoms with Gasteiger partial charge in [-0.2, -0.15) is 0 Å². The van der Waals surface area contributed by atoms with E-state index in [1.165, 1.54) is 18.5 Å². The van der Waals surface area contributed by atoms with Crippen LogP contribution in [0.3, 0.4) is 0 Å². The van der Waals surface area contributed by atoms with E-state index in [2.05, 4.69) is 5.32 Å². The van der Waals surface area contributed by atoms with Gasteiger partial charge < -0.3 is 14.8 Å². The first-order valence-electron chi connectivity index (χ1n) is 8.96. The third-order valence-electron chi connectivity index (χ3n) is 5.55. The first-order chi connectivity index (χ1) is 13.3. The maximum absolute atomic E-state index is 13.2. The second kappa shape index (κ2) is 6.41. The lowest BCUT2D eigenvalue weighted by Crippen LogP contribution is -2.42. The summed E-state index contributed by atoms with van der Waals surface area (Å²) in [6, 6.07) is 12.2. The highest BCUT2D eigenvalue weighted by molar-refractivity contribution is 7.95. The Bertz CT molecular complexity index is 1040. The average Bonchev–Trinajstić information content (AvgIpc) is 3.38. The summed E-state index contributed by atoms with van der Waals surface area (Å²) < 4.78 is 36.9. The predicted octanol–water partition coefficient (Wildman–Crippen LogP) is 2.56. The maximum Gasteiger partial charge on any atom is 0.250 e. The van der Waals surface area contributed by atoms with Gasteiger partial charge in [0.25, 0.3) is 0 Å². The zero-order chi connectivity index (χ0) is 20.1. The molecule has 4 rings (SSSR count). The van der Waals surface area contributed by atoms with Crippen LogP contribution in [0.4, 0.5) is 11.4 Å². The third-order valence-corrected chi connectivity index (χ3v) is 8.10. The van der Waals surface area contributed by atoms with Gasteiger partial charge >= 0.3 is 0 Å². The Morgan fingerprint density at radius 3 is 2.50 bits per heavy atom. The van der Waals surface area contributed by atoms with Gasteiger partial charge in [-0.05, 0) is 37.6 Å². The van der Waals surface area contributed by atoms with Gasteiger partial charge in [0.2, 0.25) is 15.9 Å². The van der Waals surface area contributed by atoms with Crippen molar-refractivity contribution in [3.63, 3.8) is 0 Å². The monoisotopic (exact) mass is 402 g/mol. The summed E-state index contributed by atoms with van der Waals surface area (Å²) in [5.41, 5.74) is 2.05. The van der Waals surface area contributed by atoms with E-state index in [1.54, 1.807) is 30.3 Å². The minimum atomic E-state index is -3.82. The van der Waals surface area contributed by atoms with Gasteiger partial charge in [0.1, 0.15) is 11.5 Å². The first-order valence-corrected chi connectivity index (χ1v) is 10.4. The summed E-state index contributed by atoms with van der Waals surface area (Å²) in [6.07, 6.45) is 0.335. The molecule has 7 nitrogen and oxygen atoms in total. The fraction of sp³-hybridized carbons (Fsp3) is 0.350. The van der Waals surface area contributed by atoms with Crippen LogP contribution < -0.4 is 19.1 Å². The van der Waals surface area contributed by atoms with Gasteiger partial charge in [0, 0.05) is 18.5 Å². The molecule has 28 heavy (non-hydrogen) atoms. The van der Waals surface area contributed by atoms with Crippen LogP contribution in [0, 0.1) is 12.8 Å². The van der Waals surface area contributed by atoms with Crippen molar-refractivity contribution in [2.75, 3.05) is 30.4 Å².